The summed E-state index contributed by atoms with van der Waals surface area (Å²) in [6.45, 7) is 4.23. The Bertz CT molecular complexity index is 627. The Morgan fingerprint density at radius 2 is 1.86 bits per heavy atom. The van der Waals surface area contributed by atoms with Crippen LogP contribution in [0.25, 0.3) is 0 Å². The van der Waals surface area contributed by atoms with E-state index in [1.54, 1.807) is 31.2 Å². The van der Waals surface area contributed by atoms with Crippen LogP contribution in [-0.4, -0.2) is 12.6 Å². The van der Waals surface area contributed by atoms with E-state index in [2.05, 4.69) is 10.6 Å². The standard InChI is InChI=1S/C16H17FN2O2/c1-3-21-14-7-5-13(6-8-14)18-16(20)19-15-9-4-12(17)10-11(15)2/h4-10H,3H2,1-2H3,(H2,18,19,20). The molecule has 2 aromatic rings. The zero-order chi connectivity index (χ0) is 15.2. The van der Waals surface area contributed by atoms with Crippen LogP contribution in [0.2, 0.25) is 0 Å². The highest BCUT2D eigenvalue weighted by Gasteiger charge is 2.06. The normalized spacial score (nSPS) is 10.0. The fraction of sp³-hybridized carbons (Fsp3) is 0.188. The van der Waals surface area contributed by atoms with Gasteiger partial charge in [-0.25, -0.2) is 9.18 Å². The number of ether oxygens (including phenoxy) is 1. The van der Waals surface area contributed by atoms with E-state index in [-0.39, 0.29) is 11.8 Å². The van der Waals surface area contributed by atoms with E-state index in [1.165, 1.54) is 18.2 Å². The van der Waals surface area contributed by atoms with E-state index in [0.717, 1.165) is 5.75 Å². The second-order valence-electron chi connectivity index (χ2n) is 4.50. The number of rotatable bonds is 4. The molecule has 110 valence electrons. The first-order chi connectivity index (χ1) is 10.1. The molecule has 0 fully saturated rings. The van der Waals surface area contributed by atoms with Gasteiger partial charge in [0.2, 0.25) is 0 Å². The molecule has 0 atom stereocenters. The molecule has 0 unspecified atom stereocenters. The molecule has 2 N–H and O–H groups in total. The number of hydrogen-bond donors (Lipinski definition) is 2. The van der Waals surface area contributed by atoms with Crippen LogP contribution in [0.5, 0.6) is 5.75 Å². The highest BCUT2D eigenvalue weighted by atomic mass is 19.1. The number of aryl methyl sites for hydroxylation is 1. The van der Waals surface area contributed by atoms with E-state index in [4.69, 9.17) is 4.74 Å². The van der Waals surface area contributed by atoms with Crippen molar-refractivity contribution in [3.05, 3.63) is 53.8 Å². The molecule has 0 spiro atoms. The average Bonchev–Trinajstić information content (AvgIpc) is 2.44. The lowest BCUT2D eigenvalue weighted by atomic mass is 10.2. The molecule has 2 amide bonds. The molecule has 0 aliphatic rings. The summed E-state index contributed by atoms with van der Waals surface area (Å²) in [5.74, 6) is 0.419. The number of hydrogen-bond acceptors (Lipinski definition) is 2. The fourth-order valence-corrected chi connectivity index (χ4v) is 1.85. The second kappa shape index (κ2) is 6.74. The van der Waals surface area contributed by atoms with E-state index >= 15 is 0 Å². The van der Waals surface area contributed by atoms with E-state index in [9.17, 15) is 9.18 Å². The van der Waals surface area contributed by atoms with Crippen molar-refractivity contribution in [1.82, 2.24) is 0 Å². The third kappa shape index (κ3) is 4.21. The number of nitrogens with one attached hydrogen (secondary N) is 2. The minimum absolute atomic E-state index is 0.329. The predicted octanol–water partition coefficient (Wildman–Crippen LogP) is 4.18. The second-order valence-corrected chi connectivity index (χ2v) is 4.50. The first kappa shape index (κ1) is 14.8. The van der Waals surface area contributed by atoms with Gasteiger partial charge in [-0.05, 0) is 61.9 Å². The van der Waals surface area contributed by atoms with Crippen LogP contribution >= 0.6 is 0 Å². The summed E-state index contributed by atoms with van der Waals surface area (Å²) < 4.78 is 18.3. The van der Waals surface area contributed by atoms with Crippen molar-refractivity contribution < 1.29 is 13.9 Å². The Kier molecular flexibility index (Phi) is 4.77. The van der Waals surface area contributed by atoms with Crippen molar-refractivity contribution in [1.29, 1.82) is 0 Å². The maximum atomic E-state index is 13.0. The molecule has 0 aromatic heterocycles. The molecule has 0 aliphatic heterocycles. The highest BCUT2D eigenvalue weighted by Crippen LogP contribution is 2.18. The first-order valence-electron chi connectivity index (χ1n) is 6.65. The maximum absolute atomic E-state index is 13.0. The number of benzene rings is 2. The molecular formula is C16H17FN2O2. The molecular weight excluding hydrogens is 271 g/mol. The lowest BCUT2D eigenvalue weighted by Gasteiger charge is -2.10. The largest absolute Gasteiger partial charge is 0.494 e. The third-order valence-electron chi connectivity index (χ3n) is 2.86. The van der Waals surface area contributed by atoms with Gasteiger partial charge in [0.05, 0.1) is 6.61 Å². The van der Waals surface area contributed by atoms with E-state index < -0.39 is 0 Å². The minimum Gasteiger partial charge on any atom is -0.494 e. The van der Waals surface area contributed by atoms with Crippen molar-refractivity contribution in [2.24, 2.45) is 0 Å². The van der Waals surface area contributed by atoms with E-state index in [1.807, 2.05) is 6.92 Å². The monoisotopic (exact) mass is 288 g/mol. The van der Waals surface area contributed by atoms with Gasteiger partial charge >= 0.3 is 6.03 Å². The molecule has 5 heteroatoms. The van der Waals surface area contributed by atoms with Crippen LogP contribution in [-0.2, 0) is 0 Å². The summed E-state index contributed by atoms with van der Waals surface area (Å²) in [7, 11) is 0. The van der Waals surface area contributed by atoms with Crippen LogP contribution < -0.4 is 15.4 Å². The lowest BCUT2D eigenvalue weighted by Crippen LogP contribution is -2.19. The third-order valence-corrected chi connectivity index (χ3v) is 2.86. The van der Waals surface area contributed by atoms with Gasteiger partial charge in [0, 0.05) is 11.4 Å². The van der Waals surface area contributed by atoms with Gasteiger partial charge in [0.15, 0.2) is 0 Å². The number of amides is 2. The van der Waals surface area contributed by atoms with Crippen molar-refractivity contribution in [2.45, 2.75) is 13.8 Å². The molecule has 0 bridgehead atoms. The number of carbonyl (C=O) groups excluding carboxylic acids is 1. The Labute approximate surface area is 122 Å². The molecule has 0 aliphatic carbocycles. The number of carbonyl (C=O) groups is 1. The summed E-state index contributed by atoms with van der Waals surface area (Å²) >= 11 is 0. The first-order valence-corrected chi connectivity index (χ1v) is 6.65. The van der Waals surface area contributed by atoms with Gasteiger partial charge in [0.1, 0.15) is 11.6 Å². The Hall–Kier alpha value is -2.56. The van der Waals surface area contributed by atoms with Gasteiger partial charge in [0.25, 0.3) is 0 Å². The van der Waals surface area contributed by atoms with Gasteiger partial charge in [-0.2, -0.15) is 0 Å². The van der Waals surface area contributed by atoms with E-state index in [0.29, 0.717) is 23.5 Å². The summed E-state index contributed by atoms with van der Waals surface area (Å²) in [5, 5.41) is 5.38. The van der Waals surface area contributed by atoms with Gasteiger partial charge < -0.3 is 15.4 Å². The van der Waals surface area contributed by atoms with Crippen molar-refractivity contribution >= 4 is 17.4 Å². The maximum Gasteiger partial charge on any atom is 0.323 e. The number of urea groups is 1. The van der Waals surface area contributed by atoms with Gasteiger partial charge in [-0.3, -0.25) is 0 Å². The molecule has 0 heterocycles. The van der Waals surface area contributed by atoms with Crippen molar-refractivity contribution in [3.63, 3.8) is 0 Å². The highest BCUT2D eigenvalue weighted by molar-refractivity contribution is 6.00. The van der Waals surface area contributed by atoms with Crippen molar-refractivity contribution in [2.75, 3.05) is 17.2 Å². The zero-order valence-electron chi connectivity index (χ0n) is 11.9. The molecule has 2 aromatic carbocycles. The summed E-state index contributed by atoms with van der Waals surface area (Å²) in [6.07, 6.45) is 0. The van der Waals surface area contributed by atoms with Crippen LogP contribution in [0.3, 0.4) is 0 Å². The van der Waals surface area contributed by atoms with Crippen LogP contribution in [0.1, 0.15) is 12.5 Å². The molecule has 2 rings (SSSR count). The summed E-state index contributed by atoms with van der Waals surface area (Å²) in [4.78, 5) is 11.9. The Balaban J connectivity index is 1.98. The number of anilines is 2. The molecule has 21 heavy (non-hydrogen) atoms. The predicted molar refractivity (Wildman–Crippen MR) is 81.4 cm³/mol. The zero-order valence-corrected chi connectivity index (χ0v) is 11.9. The average molecular weight is 288 g/mol. The molecule has 0 saturated carbocycles. The fourth-order valence-electron chi connectivity index (χ4n) is 1.85. The number of halogens is 1. The lowest BCUT2D eigenvalue weighted by molar-refractivity contribution is 0.262. The SMILES string of the molecule is CCOc1ccc(NC(=O)Nc2ccc(F)cc2C)cc1. The molecule has 0 saturated heterocycles. The smallest absolute Gasteiger partial charge is 0.323 e. The van der Waals surface area contributed by atoms with Crippen LogP contribution in [0.15, 0.2) is 42.5 Å². The van der Waals surface area contributed by atoms with Crippen LogP contribution in [0.4, 0.5) is 20.6 Å². The van der Waals surface area contributed by atoms with Crippen molar-refractivity contribution in [3.8, 4) is 5.75 Å². The quantitative estimate of drug-likeness (QED) is 0.886. The van der Waals surface area contributed by atoms with Gasteiger partial charge in [-0.15, -0.1) is 0 Å². The minimum atomic E-state index is -0.381. The van der Waals surface area contributed by atoms with Gasteiger partial charge in [-0.1, -0.05) is 0 Å². The molecule has 4 nitrogen and oxygen atoms in total. The molecule has 0 radical (unpaired) electrons. The summed E-state index contributed by atoms with van der Waals surface area (Å²) in [6, 6.07) is 10.9. The topological polar surface area (TPSA) is 50.4 Å². The Morgan fingerprint density at radius 3 is 2.48 bits per heavy atom. The summed E-state index contributed by atoms with van der Waals surface area (Å²) in [5.41, 5.74) is 1.88. The van der Waals surface area contributed by atoms with Crippen LogP contribution in [0, 0.1) is 12.7 Å². The Morgan fingerprint density at radius 1 is 1.14 bits per heavy atom.